The standard InChI is InChI=1S/C17H17NO3/c1-3-10-18-16(20)11-21-17-14(12(2)19)9-8-13-6-4-5-7-15(13)17/h1,4-9,12,19H,10-11H2,2H3,(H,18,20)/t12-/m0/s1. The Balaban J connectivity index is 2.29. The van der Waals surface area contributed by atoms with E-state index in [-0.39, 0.29) is 19.1 Å². The minimum absolute atomic E-state index is 0.143. The third kappa shape index (κ3) is 3.53. The van der Waals surface area contributed by atoms with Crippen LogP contribution in [0.25, 0.3) is 10.8 Å². The van der Waals surface area contributed by atoms with Gasteiger partial charge in [-0.1, -0.05) is 42.3 Å². The van der Waals surface area contributed by atoms with Crippen LogP contribution in [-0.2, 0) is 4.79 Å². The number of aliphatic hydroxyl groups excluding tert-OH is 1. The zero-order valence-corrected chi connectivity index (χ0v) is 11.8. The number of carbonyl (C=O) groups excluding carboxylic acids is 1. The van der Waals surface area contributed by atoms with Gasteiger partial charge in [0, 0.05) is 10.9 Å². The lowest BCUT2D eigenvalue weighted by Crippen LogP contribution is -2.29. The minimum Gasteiger partial charge on any atom is -0.483 e. The van der Waals surface area contributed by atoms with Gasteiger partial charge in [-0.3, -0.25) is 4.79 Å². The number of nitrogens with one attached hydrogen (secondary N) is 1. The SMILES string of the molecule is C#CCNC(=O)COc1c([C@H](C)O)ccc2ccccc12. The van der Waals surface area contributed by atoms with Crippen LogP contribution in [0.15, 0.2) is 36.4 Å². The van der Waals surface area contributed by atoms with Crippen molar-refractivity contribution in [1.82, 2.24) is 5.32 Å². The van der Waals surface area contributed by atoms with Gasteiger partial charge in [0.05, 0.1) is 12.6 Å². The monoisotopic (exact) mass is 283 g/mol. The van der Waals surface area contributed by atoms with Gasteiger partial charge in [0.1, 0.15) is 5.75 Å². The number of ether oxygens (including phenoxy) is 1. The molecule has 4 heteroatoms. The van der Waals surface area contributed by atoms with Crippen molar-refractivity contribution in [3.05, 3.63) is 42.0 Å². The number of rotatable bonds is 5. The topological polar surface area (TPSA) is 58.6 Å². The molecule has 0 saturated heterocycles. The van der Waals surface area contributed by atoms with Gasteiger partial charge in [-0.05, 0) is 12.3 Å². The van der Waals surface area contributed by atoms with Crippen LogP contribution in [0.1, 0.15) is 18.6 Å². The second-order valence-corrected chi connectivity index (χ2v) is 4.65. The molecule has 2 rings (SSSR count). The maximum absolute atomic E-state index is 11.6. The highest BCUT2D eigenvalue weighted by Gasteiger charge is 2.14. The van der Waals surface area contributed by atoms with Crippen LogP contribution in [0, 0.1) is 12.3 Å². The van der Waals surface area contributed by atoms with E-state index in [1.54, 1.807) is 6.92 Å². The second-order valence-electron chi connectivity index (χ2n) is 4.65. The zero-order chi connectivity index (χ0) is 15.2. The maximum atomic E-state index is 11.6. The summed E-state index contributed by atoms with van der Waals surface area (Å²) in [6, 6.07) is 11.4. The van der Waals surface area contributed by atoms with Gasteiger partial charge in [0.25, 0.3) is 5.91 Å². The van der Waals surface area contributed by atoms with E-state index in [4.69, 9.17) is 11.2 Å². The lowest BCUT2D eigenvalue weighted by Gasteiger charge is -2.16. The molecule has 2 N–H and O–H groups in total. The Morgan fingerprint density at radius 2 is 2.14 bits per heavy atom. The van der Waals surface area contributed by atoms with Crippen LogP contribution in [0.4, 0.5) is 0 Å². The number of benzene rings is 2. The van der Waals surface area contributed by atoms with Crippen molar-refractivity contribution in [3.63, 3.8) is 0 Å². The largest absolute Gasteiger partial charge is 0.483 e. The zero-order valence-electron chi connectivity index (χ0n) is 11.8. The molecule has 0 aliphatic carbocycles. The highest BCUT2D eigenvalue weighted by atomic mass is 16.5. The molecule has 4 nitrogen and oxygen atoms in total. The summed E-state index contributed by atoms with van der Waals surface area (Å²) in [5, 5.41) is 14.2. The molecule has 0 aliphatic rings. The fourth-order valence-corrected chi connectivity index (χ4v) is 2.09. The second kappa shape index (κ2) is 6.78. The van der Waals surface area contributed by atoms with E-state index in [9.17, 15) is 9.90 Å². The Bertz CT molecular complexity index is 686. The molecule has 1 amide bonds. The summed E-state index contributed by atoms with van der Waals surface area (Å²) in [5.74, 6) is 2.56. The summed E-state index contributed by atoms with van der Waals surface area (Å²) in [4.78, 5) is 11.6. The van der Waals surface area contributed by atoms with Gasteiger partial charge in [0.15, 0.2) is 6.61 Å². The average Bonchev–Trinajstić information content (AvgIpc) is 2.50. The molecule has 0 unspecified atom stereocenters. The first-order valence-corrected chi connectivity index (χ1v) is 6.66. The van der Waals surface area contributed by atoms with Gasteiger partial charge in [0.2, 0.25) is 0 Å². The van der Waals surface area contributed by atoms with Gasteiger partial charge < -0.3 is 15.2 Å². The van der Waals surface area contributed by atoms with E-state index < -0.39 is 6.10 Å². The third-order valence-corrected chi connectivity index (χ3v) is 3.10. The summed E-state index contributed by atoms with van der Waals surface area (Å²) in [6.45, 7) is 1.69. The maximum Gasteiger partial charge on any atom is 0.258 e. The van der Waals surface area contributed by atoms with Crippen LogP contribution in [0.5, 0.6) is 5.75 Å². The summed E-state index contributed by atoms with van der Waals surface area (Å²) in [6.07, 6.45) is 4.40. The third-order valence-electron chi connectivity index (χ3n) is 3.10. The van der Waals surface area contributed by atoms with E-state index in [0.29, 0.717) is 11.3 Å². The van der Waals surface area contributed by atoms with Crippen LogP contribution >= 0.6 is 0 Å². The average molecular weight is 283 g/mol. The van der Waals surface area contributed by atoms with Crippen molar-refractivity contribution >= 4 is 16.7 Å². The molecular weight excluding hydrogens is 266 g/mol. The molecular formula is C17H17NO3. The number of aliphatic hydroxyl groups is 1. The molecule has 0 saturated carbocycles. The van der Waals surface area contributed by atoms with Gasteiger partial charge in [-0.15, -0.1) is 6.42 Å². The summed E-state index contributed by atoms with van der Waals surface area (Å²) < 4.78 is 5.63. The van der Waals surface area contributed by atoms with Crippen LogP contribution in [0.2, 0.25) is 0 Å². The van der Waals surface area contributed by atoms with E-state index in [2.05, 4.69) is 11.2 Å². The molecule has 2 aromatic rings. The Hall–Kier alpha value is -2.51. The number of terminal acetylenes is 1. The smallest absolute Gasteiger partial charge is 0.258 e. The highest BCUT2D eigenvalue weighted by Crippen LogP contribution is 2.33. The first-order valence-electron chi connectivity index (χ1n) is 6.66. The summed E-state index contributed by atoms with van der Waals surface area (Å²) in [5.41, 5.74) is 0.651. The Labute approximate surface area is 123 Å². The van der Waals surface area contributed by atoms with Crippen LogP contribution in [0.3, 0.4) is 0 Å². The molecule has 0 aliphatic heterocycles. The van der Waals surface area contributed by atoms with E-state index >= 15 is 0 Å². The minimum atomic E-state index is -0.682. The molecule has 108 valence electrons. The summed E-state index contributed by atoms with van der Waals surface area (Å²) in [7, 11) is 0. The van der Waals surface area contributed by atoms with Crippen LogP contribution < -0.4 is 10.1 Å². The molecule has 2 aromatic carbocycles. The van der Waals surface area contributed by atoms with E-state index in [1.807, 2.05) is 36.4 Å². The van der Waals surface area contributed by atoms with Crippen molar-refractivity contribution in [2.24, 2.45) is 0 Å². The number of hydrogen-bond acceptors (Lipinski definition) is 3. The Kier molecular flexibility index (Phi) is 4.81. The van der Waals surface area contributed by atoms with Crippen molar-refractivity contribution in [3.8, 4) is 18.1 Å². The predicted octanol–water partition coefficient (Wildman–Crippen LogP) is 2.02. The number of amides is 1. The lowest BCUT2D eigenvalue weighted by atomic mass is 10.0. The summed E-state index contributed by atoms with van der Waals surface area (Å²) >= 11 is 0. The van der Waals surface area contributed by atoms with Crippen molar-refractivity contribution < 1.29 is 14.6 Å². The molecule has 0 aromatic heterocycles. The van der Waals surface area contributed by atoms with Crippen LogP contribution in [-0.4, -0.2) is 24.2 Å². The molecule has 0 bridgehead atoms. The molecule has 0 fully saturated rings. The van der Waals surface area contributed by atoms with Gasteiger partial charge in [-0.2, -0.15) is 0 Å². The number of hydrogen-bond donors (Lipinski definition) is 2. The number of fused-ring (bicyclic) bond motifs is 1. The van der Waals surface area contributed by atoms with E-state index in [0.717, 1.165) is 10.8 Å². The van der Waals surface area contributed by atoms with Crippen molar-refractivity contribution in [1.29, 1.82) is 0 Å². The van der Waals surface area contributed by atoms with E-state index in [1.165, 1.54) is 0 Å². The molecule has 0 spiro atoms. The lowest BCUT2D eigenvalue weighted by molar-refractivity contribution is -0.122. The number of carbonyl (C=O) groups is 1. The molecule has 1 atom stereocenters. The fourth-order valence-electron chi connectivity index (χ4n) is 2.09. The first-order chi connectivity index (χ1) is 10.1. The normalized spacial score (nSPS) is 11.7. The van der Waals surface area contributed by atoms with Gasteiger partial charge >= 0.3 is 0 Å². The van der Waals surface area contributed by atoms with Crippen molar-refractivity contribution in [2.75, 3.05) is 13.2 Å². The van der Waals surface area contributed by atoms with Gasteiger partial charge in [-0.25, -0.2) is 0 Å². The Morgan fingerprint density at radius 3 is 2.86 bits per heavy atom. The quantitative estimate of drug-likeness (QED) is 0.825. The molecule has 21 heavy (non-hydrogen) atoms. The molecule has 0 heterocycles. The fraction of sp³-hybridized carbons (Fsp3) is 0.235. The highest BCUT2D eigenvalue weighted by molar-refractivity contribution is 5.90. The predicted molar refractivity (Wildman–Crippen MR) is 81.9 cm³/mol. The van der Waals surface area contributed by atoms with Crippen molar-refractivity contribution in [2.45, 2.75) is 13.0 Å². The molecule has 0 radical (unpaired) electrons. The Morgan fingerprint density at radius 1 is 1.38 bits per heavy atom. The first kappa shape index (κ1) is 14.9.